The van der Waals surface area contributed by atoms with Crippen LogP contribution in [0, 0.1) is 0 Å². The van der Waals surface area contributed by atoms with E-state index in [2.05, 4.69) is 10.3 Å². The molecule has 0 fully saturated rings. The van der Waals surface area contributed by atoms with Crippen LogP contribution in [0.5, 0.6) is 0 Å². The molecule has 3 rings (SSSR count). The number of benzene rings is 1. The Morgan fingerprint density at radius 3 is 2.73 bits per heavy atom. The Kier molecular flexibility index (Phi) is 8.02. The highest BCUT2D eigenvalue weighted by Crippen LogP contribution is 2.31. The van der Waals surface area contributed by atoms with Crippen molar-refractivity contribution in [2.24, 2.45) is 5.73 Å². The van der Waals surface area contributed by atoms with Gasteiger partial charge < -0.3 is 16.0 Å². The van der Waals surface area contributed by atoms with Gasteiger partial charge in [0.05, 0.1) is 5.56 Å². The van der Waals surface area contributed by atoms with Crippen molar-refractivity contribution >= 4 is 48.0 Å². The van der Waals surface area contributed by atoms with E-state index in [1.54, 1.807) is 36.4 Å². The summed E-state index contributed by atoms with van der Waals surface area (Å²) in [4.78, 5) is 30.2. The Morgan fingerprint density at radius 1 is 1.31 bits per heavy atom. The third-order valence-electron chi connectivity index (χ3n) is 3.92. The van der Waals surface area contributed by atoms with Crippen LogP contribution in [0.3, 0.4) is 0 Å². The quantitative estimate of drug-likeness (QED) is 0.831. The second-order valence-corrected chi connectivity index (χ2v) is 6.02. The SMILES string of the molecule is CC(N)CC(=O)Nc1ccc2c(c1)CCN2C(=O)c1cccnc1.Cl.Cl. The highest BCUT2D eigenvalue weighted by atomic mass is 35.5. The van der Waals surface area contributed by atoms with Gasteiger partial charge in [-0.05, 0) is 49.2 Å². The average molecular weight is 397 g/mol. The molecule has 0 bridgehead atoms. The van der Waals surface area contributed by atoms with Gasteiger partial charge in [0.2, 0.25) is 5.91 Å². The minimum absolute atomic E-state index is 0. The number of rotatable bonds is 4. The summed E-state index contributed by atoms with van der Waals surface area (Å²) in [5, 5.41) is 2.85. The number of aromatic nitrogens is 1. The summed E-state index contributed by atoms with van der Waals surface area (Å²) in [7, 11) is 0. The minimum Gasteiger partial charge on any atom is -0.327 e. The van der Waals surface area contributed by atoms with Gasteiger partial charge in [-0.1, -0.05) is 0 Å². The first-order valence-electron chi connectivity index (χ1n) is 7.95. The number of fused-ring (bicyclic) bond motifs is 1. The van der Waals surface area contributed by atoms with Gasteiger partial charge in [0, 0.05) is 42.8 Å². The van der Waals surface area contributed by atoms with Crippen LogP contribution in [0.25, 0.3) is 0 Å². The van der Waals surface area contributed by atoms with E-state index >= 15 is 0 Å². The zero-order chi connectivity index (χ0) is 17.1. The van der Waals surface area contributed by atoms with E-state index in [0.29, 0.717) is 12.1 Å². The lowest BCUT2D eigenvalue weighted by atomic mass is 10.1. The Balaban J connectivity index is 0.00000169. The summed E-state index contributed by atoms with van der Waals surface area (Å²) < 4.78 is 0. The first-order chi connectivity index (χ1) is 11.5. The van der Waals surface area contributed by atoms with Gasteiger partial charge >= 0.3 is 0 Å². The molecule has 0 radical (unpaired) electrons. The lowest BCUT2D eigenvalue weighted by Crippen LogP contribution is -2.28. The lowest BCUT2D eigenvalue weighted by molar-refractivity contribution is -0.116. The third-order valence-corrected chi connectivity index (χ3v) is 3.92. The predicted octanol–water partition coefficient (Wildman–Crippen LogP) is 2.80. The number of hydrogen-bond donors (Lipinski definition) is 2. The number of pyridine rings is 1. The molecule has 2 aromatic rings. The number of carbonyl (C=O) groups is 2. The molecule has 1 aliphatic heterocycles. The van der Waals surface area contributed by atoms with E-state index in [4.69, 9.17) is 5.73 Å². The molecule has 0 aliphatic carbocycles. The van der Waals surface area contributed by atoms with Crippen LogP contribution in [-0.4, -0.2) is 29.4 Å². The van der Waals surface area contributed by atoms with Gasteiger partial charge in [-0.2, -0.15) is 0 Å². The largest absolute Gasteiger partial charge is 0.327 e. The molecule has 140 valence electrons. The molecular weight excluding hydrogens is 375 g/mol. The van der Waals surface area contributed by atoms with Gasteiger partial charge in [-0.3, -0.25) is 14.6 Å². The van der Waals surface area contributed by atoms with E-state index in [0.717, 1.165) is 23.4 Å². The maximum Gasteiger partial charge on any atom is 0.259 e. The monoisotopic (exact) mass is 396 g/mol. The standard InChI is InChI=1S/C18H20N4O2.2ClH/c1-12(19)9-17(23)21-15-4-5-16-13(10-15)6-8-22(16)18(24)14-3-2-7-20-11-14;;/h2-5,7,10-12H,6,8-9,19H2,1H3,(H,21,23);2*1H. The molecule has 1 aromatic heterocycles. The normalized spacial score (nSPS) is 13.1. The van der Waals surface area contributed by atoms with Crippen LogP contribution in [0.15, 0.2) is 42.7 Å². The molecular formula is C18H22Cl2N4O2. The third kappa shape index (κ3) is 4.94. The Bertz CT molecular complexity index is 769. The topological polar surface area (TPSA) is 88.3 Å². The van der Waals surface area contributed by atoms with Crippen molar-refractivity contribution in [3.05, 3.63) is 53.9 Å². The first-order valence-corrected chi connectivity index (χ1v) is 7.95. The molecule has 8 heteroatoms. The highest BCUT2D eigenvalue weighted by Gasteiger charge is 2.26. The number of nitrogens with two attached hydrogens (primary N) is 1. The molecule has 3 N–H and O–H groups in total. The van der Waals surface area contributed by atoms with Crippen LogP contribution in [0.4, 0.5) is 11.4 Å². The molecule has 1 atom stereocenters. The van der Waals surface area contributed by atoms with Crippen LogP contribution in [-0.2, 0) is 11.2 Å². The molecule has 0 saturated heterocycles. The fourth-order valence-electron chi connectivity index (χ4n) is 2.84. The van der Waals surface area contributed by atoms with E-state index < -0.39 is 0 Å². The molecule has 1 aromatic carbocycles. The summed E-state index contributed by atoms with van der Waals surface area (Å²) in [6.45, 7) is 2.42. The zero-order valence-electron chi connectivity index (χ0n) is 14.3. The molecule has 26 heavy (non-hydrogen) atoms. The second-order valence-electron chi connectivity index (χ2n) is 6.02. The highest BCUT2D eigenvalue weighted by molar-refractivity contribution is 6.07. The van der Waals surface area contributed by atoms with Gasteiger partial charge in [0.1, 0.15) is 0 Å². The summed E-state index contributed by atoms with van der Waals surface area (Å²) in [5.74, 6) is -0.165. The molecule has 2 heterocycles. The number of carbonyl (C=O) groups excluding carboxylic acids is 2. The van der Waals surface area contributed by atoms with Crippen molar-refractivity contribution in [2.45, 2.75) is 25.8 Å². The van der Waals surface area contributed by atoms with Crippen LogP contribution in [0.2, 0.25) is 0 Å². The maximum absolute atomic E-state index is 12.6. The van der Waals surface area contributed by atoms with E-state index in [9.17, 15) is 9.59 Å². The number of nitrogens with one attached hydrogen (secondary N) is 1. The molecule has 0 saturated carbocycles. The van der Waals surface area contributed by atoms with Crippen molar-refractivity contribution in [2.75, 3.05) is 16.8 Å². The number of hydrogen-bond acceptors (Lipinski definition) is 4. The fourth-order valence-corrected chi connectivity index (χ4v) is 2.84. The first kappa shape index (κ1) is 21.9. The summed E-state index contributed by atoms with van der Waals surface area (Å²) in [6.07, 6.45) is 4.26. The van der Waals surface area contributed by atoms with Crippen molar-refractivity contribution < 1.29 is 9.59 Å². The predicted molar refractivity (Wildman–Crippen MR) is 107 cm³/mol. The van der Waals surface area contributed by atoms with Crippen LogP contribution < -0.4 is 16.0 Å². The summed E-state index contributed by atoms with van der Waals surface area (Å²) >= 11 is 0. The minimum atomic E-state index is -0.174. The van der Waals surface area contributed by atoms with Crippen LogP contribution in [0.1, 0.15) is 29.3 Å². The van der Waals surface area contributed by atoms with Gasteiger partial charge in [0.25, 0.3) is 5.91 Å². The Hall–Kier alpha value is -2.15. The van der Waals surface area contributed by atoms with E-state index in [1.807, 2.05) is 18.2 Å². The lowest BCUT2D eigenvalue weighted by Gasteiger charge is -2.17. The smallest absolute Gasteiger partial charge is 0.259 e. The number of anilines is 2. The maximum atomic E-state index is 12.6. The van der Waals surface area contributed by atoms with Gasteiger partial charge in [-0.15, -0.1) is 24.8 Å². The van der Waals surface area contributed by atoms with E-state index in [1.165, 1.54) is 0 Å². The Morgan fingerprint density at radius 2 is 2.08 bits per heavy atom. The zero-order valence-corrected chi connectivity index (χ0v) is 16.0. The molecule has 1 aliphatic rings. The Labute approximate surface area is 165 Å². The fraction of sp³-hybridized carbons (Fsp3) is 0.278. The second kappa shape index (κ2) is 9.52. The molecule has 6 nitrogen and oxygen atoms in total. The number of nitrogens with zero attached hydrogens (tertiary/aromatic N) is 2. The van der Waals surface area contributed by atoms with Crippen molar-refractivity contribution in [1.82, 2.24) is 4.98 Å². The van der Waals surface area contributed by atoms with Crippen molar-refractivity contribution in [1.29, 1.82) is 0 Å². The van der Waals surface area contributed by atoms with Gasteiger partial charge in [-0.25, -0.2) is 0 Å². The molecule has 0 spiro atoms. The average Bonchev–Trinajstić information content (AvgIpc) is 2.97. The number of amides is 2. The van der Waals surface area contributed by atoms with Crippen LogP contribution >= 0.6 is 24.8 Å². The summed E-state index contributed by atoms with van der Waals surface area (Å²) in [6, 6.07) is 8.94. The summed E-state index contributed by atoms with van der Waals surface area (Å²) in [5.41, 5.74) is 8.86. The molecule has 1 unspecified atom stereocenters. The van der Waals surface area contributed by atoms with E-state index in [-0.39, 0.29) is 49.1 Å². The number of halogens is 2. The van der Waals surface area contributed by atoms with Crippen molar-refractivity contribution in [3.8, 4) is 0 Å². The van der Waals surface area contributed by atoms with Crippen molar-refractivity contribution in [3.63, 3.8) is 0 Å². The molecule has 2 amide bonds. The van der Waals surface area contributed by atoms with Gasteiger partial charge in [0.15, 0.2) is 0 Å².